The van der Waals surface area contributed by atoms with Crippen molar-refractivity contribution < 1.29 is 15.0 Å². The molecule has 2 aromatic rings. The third-order valence-electron chi connectivity index (χ3n) is 2.82. The Morgan fingerprint density at radius 2 is 2.24 bits per heavy atom. The first-order valence-electron chi connectivity index (χ1n) is 5.37. The quantitative estimate of drug-likeness (QED) is 0.845. The summed E-state index contributed by atoms with van der Waals surface area (Å²) in [6.07, 6.45) is 0. The molecule has 1 aromatic heterocycles. The standard InChI is InChI=1S/C12H14N2O3/c1-7(6-15)14-8(2)13-10-5-9(12(16)17)3-4-11(10)14/h3-5,7,15H,6H2,1-2H3,(H,16,17). The molecule has 0 aliphatic rings. The SMILES string of the molecule is Cc1nc2cc(C(=O)O)ccc2n1C(C)CO. The summed E-state index contributed by atoms with van der Waals surface area (Å²) in [7, 11) is 0. The van der Waals surface area contributed by atoms with Gasteiger partial charge in [-0.15, -0.1) is 0 Å². The number of benzene rings is 1. The van der Waals surface area contributed by atoms with Crippen LogP contribution in [0, 0.1) is 6.92 Å². The molecular weight excluding hydrogens is 220 g/mol. The van der Waals surface area contributed by atoms with Crippen LogP contribution in [0.15, 0.2) is 18.2 Å². The number of imidazole rings is 1. The lowest BCUT2D eigenvalue weighted by Gasteiger charge is -2.13. The smallest absolute Gasteiger partial charge is 0.335 e. The maximum absolute atomic E-state index is 10.9. The van der Waals surface area contributed by atoms with Crippen molar-refractivity contribution in [3.05, 3.63) is 29.6 Å². The number of carboxylic acid groups (broad SMARTS) is 1. The summed E-state index contributed by atoms with van der Waals surface area (Å²) < 4.78 is 1.90. The number of hydrogen-bond donors (Lipinski definition) is 2. The number of aliphatic hydroxyl groups excluding tert-OH is 1. The van der Waals surface area contributed by atoms with Gasteiger partial charge in [0.05, 0.1) is 29.2 Å². The summed E-state index contributed by atoms with van der Waals surface area (Å²) in [6, 6.07) is 4.75. The summed E-state index contributed by atoms with van der Waals surface area (Å²) in [4.78, 5) is 15.2. The van der Waals surface area contributed by atoms with Crippen LogP contribution in [0.2, 0.25) is 0 Å². The number of aromatic nitrogens is 2. The minimum absolute atomic E-state index is 0.0208. The van der Waals surface area contributed by atoms with Crippen LogP contribution < -0.4 is 0 Å². The molecule has 0 saturated heterocycles. The average molecular weight is 234 g/mol. The number of nitrogens with zero attached hydrogens (tertiary/aromatic N) is 2. The highest BCUT2D eigenvalue weighted by Crippen LogP contribution is 2.21. The second-order valence-corrected chi connectivity index (χ2v) is 4.07. The summed E-state index contributed by atoms with van der Waals surface area (Å²) in [6.45, 7) is 3.75. The number of aliphatic hydroxyl groups is 1. The van der Waals surface area contributed by atoms with E-state index in [1.807, 2.05) is 18.4 Å². The first-order valence-corrected chi connectivity index (χ1v) is 5.37. The fraction of sp³-hybridized carbons (Fsp3) is 0.333. The van der Waals surface area contributed by atoms with E-state index in [9.17, 15) is 9.90 Å². The van der Waals surface area contributed by atoms with Crippen LogP contribution in [-0.4, -0.2) is 32.3 Å². The zero-order valence-electron chi connectivity index (χ0n) is 9.71. The van der Waals surface area contributed by atoms with Crippen LogP contribution in [0.25, 0.3) is 11.0 Å². The van der Waals surface area contributed by atoms with Gasteiger partial charge in [0.2, 0.25) is 0 Å². The summed E-state index contributed by atoms with van der Waals surface area (Å²) in [5.74, 6) is -0.196. The molecule has 0 radical (unpaired) electrons. The summed E-state index contributed by atoms with van der Waals surface area (Å²) >= 11 is 0. The maximum Gasteiger partial charge on any atom is 0.335 e. The van der Waals surface area contributed by atoms with Crippen molar-refractivity contribution in [3.63, 3.8) is 0 Å². The Kier molecular flexibility index (Phi) is 2.85. The molecule has 2 N–H and O–H groups in total. The van der Waals surface area contributed by atoms with E-state index in [1.165, 1.54) is 0 Å². The van der Waals surface area contributed by atoms with Crippen molar-refractivity contribution >= 4 is 17.0 Å². The third kappa shape index (κ3) is 1.89. The van der Waals surface area contributed by atoms with Crippen molar-refractivity contribution in [2.45, 2.75) is 19.9 Å². The molecule has 0 saturated carbocycles. The van der Waals surface area contributed by atoms with Crippen molar-refractivity contribution in [1.29, 1.82) is 0 Å². The highest BCUT2D eigenvalue weighted by molar-refractivity contribution is 5.92. The molecule has 1 heterocycles. The van der Waals surface area contributed by atoms with E-state index in [0.717, 1.165) is 11.3 Å². The average Bonchev–Trinajstić information content (AvgIpc) is 2.62. The van der Waals surface area contributed by atoms with Gasteiger partial charge in [0.15, 0.2) is 0 Å². The Hall–Kier alpha value is -1.88. The molecule has 1 unspecified atom stereocenters. The van der Waals surface area contributed by atoms with E-state index in [0.29, 0.717) is 5.52 Å². The van der Waals surface area contributed by atoms with Crippen LogP contribution >= 0.6 is 0 Å². The number of carbonyl (C=O) groups is 1. The zero-order valence-corrected chi connectivity index (χ0v) is 9.71. The number of rotatable bonds is 3. The maximum atomic E-state index is 10.9. The lowest BCUT2D eigenvalue weighted by atomic mass is 10.2. The molecular formula is C12H14N2O3. The Labute approximate surface area is 98.3 Å². The Balaban J connectivity index is 2.64. The van der Waals surface area contributed by atoms with Crippen LogP contribution in [0.3, 0.4) is 0 Å². The molecule has 2 rings (SSSR count). The van der Waals surface area contributed by atoms with Gasteiger partial charge < -0.3 is 14.8 Å². The monoisotopic (exact) mass is 234 g/mol. The predicted molar refractivity (Wildman–Crippen MR) is 63.2 cm³/mol. The first kappa shape index (κ1) is 11.6. The van der Waals surface area contributed by atoms with Crippen LogP contribution in [0.5, 0.6) is 0 Å². The van der Waals surface area contributed by atoms with Gasteiger partial charge >= 0.3 is 5.97 Å². The minimum atomic E-state index is -0.964. The van der Waals surface area contributed by atoms with Gasteiger partial charge in [0.25, 0.3) is 0 Å². The fourth-order valence-electron chi connectivity index (χ4n) is 1.99. The van der Waals surface area contributed by atoms with Gasteiger partial charge in [-0.25, -0.2) is 9.78 Å². The molecule has 5 heteroatoms. The Morgan fingerprint density at radius 1 is 1.53 bits per heavy atom. The number of aromatic carboxylic acids is 1. The van der Waals surface area contributed by atoms with Crippen LogP contribution in [0.1, 0.15) is 29.1 Å². The van der Waals surface area contributed by atoms with E-state index < -0.39 is 5.97 Å². The molecule has 1 aromatic carbocycles. The first-order chi connectivity index (χ1) is 8.04. The summed E-state index contributed by atoms with van der Waals surface area (Å²) in [5.41, 5.74) is 1.70. The zero-order chi connectivity index (χ0) is 12.6. The normalized spacial score (nSPS) is 12.9. The van der Waals surface area contributed by atoms with Crippen LogP contribution in [-0.2, 0) is 0 Å². The molecule has 0 aliphatic heterocycles. The molecule has 17 heavy (non-hydrogen) atoms. The van der Waals surface area contributed by atoms with Crippen LogP contribution in [0.4, 0.5) is 0 Å². The van der Waals surface area contributed by atoms with Crippen molar-refractivity contribution in [1.82, 2.24) is 9.55 Å². The number of aryl methyl sites for hydroxylation is 1. The van der Waals surface area contributed by atoms with Crippen molar-refractivity contribution in [2.75, 3.05) is 6.61 Å². The molecule has 5 nitrogen and oxygen atoms in total. The van der Waals surface area contributed by atoms with Gasteiger partial charge in [0.1, 0.15) is 5.82 Å². The molecule has 0 spiro atoms. The molecule has 0 aliphatic carbocycles. The number of carboxylic acids is 1. The minimum Gasteiger partial charge on any atom is -0.478 e. The fourth-order valence-corrected chi connectivity index (χ4v) is 1.99. The molecule has 0 fully saturated rings. The Morgan fingerprint density at radius 3 is 2.82 bits per heavy atom. The highest BCUT2D eigenvalue weighted by atomic mass is 16.4. The second kappa shape index (κ2) is 4.18. The molecule has 0 bridgehead atoms. The lowest BCUT2D eigenvalue weighted by molar-refractivity contribution is 0.0697. The van der Waals surface area contributed by atoms with Gasteiger partial charge in [-0.2, -0.15) is 0 Å². The van der Waals surface area contributed by atoms with E-state index in [1.54, 1.807) is 18.2 Å². The van der Waals surface area contributed by atoms with E-state index >= 15 is 0 Å². The number of fused-ring (bicyclic) bond motifs is 1. The van der Waals surface area contributed by atoms with Gasteiger partial charge in [-0.3, -0.25) is 0 Å². The summed E-state index contributed by atoms with van der Waals surface area (Å²) in [5, 5.41) is 18.1. The second-order valence-electron chi connectivity index (χ2n) is 4.07. The lowest BCUT2D eigenvalue weighted by Crippen LogP contribution is -2.10. The topological polar surface area (TPSA) is 75.3 Å². The van der Waals surface area contributed by atoms with E-state index in [2.05, 4.69) is 4.98 Å². The molecule has 1 atom stereocenters. The van der Waals surface area contributed by atoms with Crippen molar-refractivity contribution in [2.24, 2.45) is 0 Å². The predicted octanol–water partition coefficient (Wildman–Crippen LogP) is 1.60. The van der Waals surface area contributed by atoms with Gasteiger partial charge in [-0.05, 0) is 32.0 Å². The molecule has 90 valence electrons. The largest absolute Gasteiger partial charge is 0.478 e. The van der Waals surface area contributed by atoms with E-state index in [4.69, 9.17) is 5.11 Å². The van der Waals surface area contributed by atoms with E-state index in [-0.39, 0.29) is 18.2 Å². The Bertz CT molecular complexity index is 574. The van der Waals surface area contributed by atoms with Gasteiger partial charge in [-0.1, -0.05) is 0 Å². The third-order valence-corrected chi connectivity index (χ3v) is 2.82. The molecule has 0 amide bonds. The van der Waals surface area contributed by atoms with Crippen molar-refractivity contribution in [3.8, 4) is 0 Å². The number of hydrogen-bond acceptors (Lipinski definition) is 3. The van der Waals surface area contributed by atoms with Gasteiger partial charge in [0, 0.05) is 0 Å². The highest BCUT2D eigenvalue weighted by Gasteiger charge is 2.14.